The van der Waals surface area contributed by atoms with E-state index in [1.165, 1.54) is 6.42 Å². The van der Waals surface area contributed by atoms with Crippen molar-refractivity contribution >= 4 is 5.97 Å². The predicted molar refractivity (Wildman–Crippen MR) is 47.8 cm³/mol. The molecule has 70 valence electrons. The zero-order valence-electron chi connectivity index (χ0n) is 7.84. The van der Waals surface area contributed by atoms with E-state index >= 15 is 0 Å². The van der Waals surface area contributed by atoms with Crippen LogP contribution in [0.15, 0.2) is 0 Å². The van der Waals surface area contributed by atoms with E-state index in [1.807, 2.05) is 0 Å². The van der Waals surface area contributed by atoms with Gasteiger partial charge in [0.15, 0.2) is 0 Å². The molecule has 12 heavy (non-hydrogen) atoms. The molecule has 1 heterocycles. The fourth-order valence-corrected chi connectivity index (χ4v) is 1.61. The van der Waals surface area contributed by atoms with Gasteiger partial charge in [-0.3, -0.25) is 4.79 Å². The number of cyclic esters (lactones) is 1. The van der Waals surface area contributed by atoms with Crippen LogP contribution < -0.4 is 0 Å². The summed E-state index contributed by atoms with van der Waals surface area (Å²) in [4.78, 5) is 11.3. The Hall–Kier alpha value is -0.530. The van der Waals surface area contributed by atoms with Crippen molar-refractivity contribution in [2.45, 2.75) is 45.4 Å². The van der Waals surface area contributed by atoms with Crippen LogP contribution in [0.2, 0.25) is 0 Å². The quantitative estimate of drug-likeness (QED) is 0.608. The lowest BCUT2D eigenvalue weighted by Crippen LogP contribution is -2.15. The second kappa shape index (κ2) is 5.18. The maximum atomic E-state index is 11.3. The van der Waals surface area contributed by atoms with Crippen molar-refractivity contribution in [2.24, 2.45) is 5.92 Å². The molecule has 1 aliphatic rings. The topological polar surface area (TPSA) is 26.3 Å². The van der Waals surface area contributed by atoms with E-state index in [0.29, 0.717) is 6.61 Å². The fourth-order valence-electron chi connectivity index (χ4n) is 1.61. The van der Waals surface area contributed by atoms with Gasteiger partial charge in [-0.2, -0.15) is 0 Å². The van der Waals surface area contributed by atoms with Crippen LogP contribution in [0.3, 0.4) is 0 Å². The third-order valence-corrected chi connectivity index (χ3v) is 2.43. The summed E-state index contributed by atoms with van der Waals surface area (Å²) in [5, 5.41) is 0. The maximum absolute atomic E-state index is 11.3. The highest BCUT2D eigenvalue weighted by molar-refractivity contribution is 5.72. The fraction of sp³-hybridized carbons (Fsp3) is 0.900. The number of carbonyl (C=O) groups is 1. The van der Waals surface area contributed by atoms with Crippen LogP contribution in [0.4, 0.5) is 0 Å². The molecule has 0 aromatic heterocycles. The van der Waals surface area contributed by atoms with Gasteiger partial charge >= 0.3 is 5.97 Å². The van der Waals surface area contributed by atoms with Gasteiger partial charge in [-0.25, -0.2) is 0 Å². The lowest BCUT2D eigenvalue weighted by molar-refractivity contribution is -0.147. The minimum absolute atomic E-state index is 0.0425. The summed E-state index contributed by atoms with van der Waals surface area (Å²) in [6.45, 7) is 2.80. The van der Waals surface area contributed by atoms with Crippen molar-refractivity contribution in [3.63, 3.8) is 0 Å². The highest BCUT2D eigenvalue weighted by atomic mass is 16.5. The van der Waals surface area contributed by atoms with Gasteiger partial charge < -0.3 is 4.74 Å². The first-order valence-corrected chi connectivity index (χ1v) is 5.01. The molecule has 1 aliphatic heterocycles. The standard InChI is InChI=1S/C10H18O2/c1-2-3-6-9-7-4-5-8-12-10(9)11/h9H,2-8H2,1H3. The van der Waals surface area contributed by atoms with Crippen molar-refractivity contribution in [3.8, 4) is 0 Å². The molecule has 1 unspecified atom stereocenters. The molecule has 0 aromatic carbocycles. The zero-order chi connectivity index (χ0) is 8.81. The molecular formula is C10H18O2. The van der Waals surface area contributed by atoms with Gasteiger partial charge in [0.25, 0.3) is 0 Å². The summed E-state index contributed by atoms with van der Waals surface area (Å²) in [5.41, 5.74) is 0. The number of unbranched alkanes of at least 4 members (excludes halogenated alkanes) is 1. The zero-order valence-corrected chi connectivity index (χ0v) is 7.84. The van der Waals surface area contributed by atoms with E-state index in [9.17, 15) is 4.79 Å². The molecule has 0 amide bonds. The molecule has 0 spiro atoms. The molecule has 1 atom stereocenters. The van der Waals surface area contributed by atoms with Gasteiger partial charge in [0.2, 0.25) is 0 Å². The molecule has 1 rings (SSSR count). The van der Waals surface area contributed by atoms with E-state index in [2.05, 4.69) is 6.92 Å². The largest absolute Gasteiger partial charge is 0.465 e. The Morgan fingerprint density at radius 1 is 1.50 bits per heavy atom. The Kier molecular flexibility index (Phi) is 4.12. The minimum atomic E-state index is 0.0425. The van der Waals surface area contributed by atoms with Crippen LogP contribution in [0.25, 0.3) is 0 Å². The van der Waals surface area contributed by atoms with Crippen LogP contribution in [-0.4, -0.2) is 12.6 Å². The van der Waals surface area contributed by atoms with E-state index in [-0.39, 0.29) is 11.9 Å². The summed E-state index contributed by atoms with van der Waals surface area (Å²) in [6.07, 6.45) is 6.59. The molecule has 1 saturated heterocycles. The van der Waals surface area contributed by atoms with Crippen molar-refractivity contribution < 1.29 is 9.53 Å². The van der Waals surface area contributed by atoms with Gasteiger partial charge in [-0.05, 0) is 25.7 Å². The van der Waals surface area contributed by atoms with Crippen molar-refractivity contribution in [1.29, 1.82) is 0 Å². The van der Waals surface area contributed by atoms with Crippen LogP contribution in [0.1, 0.15) is 45.4 Å². The summed E-state index contributed by atoms with van der Waals surface area (Å²) >= 11 is 0. The van der Waals surface area contributed by atoms with E-state index in [4.69, 9.17) is 4.74 Å². The summed E-state index contributed by atoms with van der Waals surface area (Å²) in [7, 11) is 0. The number of rotatable bonds is 3. The first-order valence-electron chi connectivity index (χ1n) is 5.01. The number of hydrogen-bond acceptors (Lipinski definition) is 2. The maximum Gasteiger partial charge on any atom is 0.308 e. The first kappa shape index (κ1) is 9.56. The van der Waals surface area contributed by atoms with Gasteiger partial charge in [-0.15, -0.1) is 0 Å². The Balaban J connectivity index is 2.31. The smallest absolute Gasteiger partial charge is 0.308 e. The first-order chi connectivity index (χ1) is 5.84. The SMILES string of the molecule is CCCCC1CCCCOC1=O. The van der Waals surface area contributed by atoms with E-state index in [0.717, 1.165) is 32.1 Å². The Bertz CT molecular complexity index is 143. The van der Waals surface area contributed by atoms with Crippen molar-refractivity contribution in [1.82, 2.24) is 0 Å². The monoisotopic (exact) mass is 170 g/mol. The van der Waals surface area contributed by atoms with Crippen molar-refractivity contribution in [3.05, 3.63) is 0 Å². The van der Waals surface area contributed by atoms with Gasteiger partial charge in [0.05, 0.1) is 12.5 Å². The molecule has 0 N–H and O–H groups in total. The third-order valence-electron chi connectivity index (χ3n) is 2.43. The summed E-state index contributed by atoms with van der Waals surface area (Å²) in [6, 6.07) is 0. The molecule has 0 aliphatic carbocycles. The average molecular weight is 170 g/mol. The Morgan fingerprint density at radius 2 is 2.33 bits per heavy atom. The molecule has 1 fully saturated rings. The normalized spacial score (nSPS) is 24.8. The number of carbonyl (C=O) groups excluding carboxylic acids is 1. The van der Waals surface area contributed by atoms with Crippen LogP contribution in [0, 0.1) is 5.92 Å². The van der Waals surface area contributed by atoms with Crippen LogP contribution in [0.5, 0.6) is 0 Å². The molecular weight excluding hydrogens is 152 g/mol. The lowest BCUT2D eigenvalue weighted by atomic mass is 9.97. The molecule has 2 heteroatoms. The highest BCUT2D eigenvalue weighted by Crippen LogP contribution is 2.20. The van der Waals surface area contributed by atoms with E-state index in [1.54, 1.807) is 0 Å². The van der Waals surface area contributed by atoms with Crippen molar-refractivity contribution in [2.75, 3.05) is 6.61 Å². The summed E-state index contributed by atoms with van der Waals surface area (Å²) < 4.78 is 5.07. The third kappa shape index (κ3) is 2.84. The number of ether oxygens (including phenoxy) is 1. The van der Waals surface area contributed by atoms with Crippen LogP contribution in [-0.2, 0) is 9.53 Å². The molecule has 0 radical (unpaired) electrons. The Morgan fingerprint density at radius 3 is 3.08 bits per heavy atom. The lowest BCUT2D eigenvalue weighted by Gasteiger charge is -2.10. The highest BCUT2D eigenvalue weighted by Gasteiger charge is 2.21. The number of hydrogen-bond donors (Lipinski definition) is 0. The minimum Gasteiger partial charge on any atom is -0.465 e. The molecule has 0 aromatic rings. The Labute approximate surface area is 74.3 Å². The second-order valence-electron chi connectivity index (χ2n) is 3.50. The van der Waals surface area contributed by atoms with Gasteiger partial charge in [0, 0.05) is 0 Å². The van der Waals surface area contributed by atoms with Gasteiger partial charge in [-0.1, -0.05) is 19.8 Å². The summed E-state index contributed by atoms with van der Waals surface area (Å²) in [5.74, 6) is 0.244. The van der Waals surface area contributed by atoms with E-state index < -0.39 is 0 Å². The van der Waals surface area contributed by atoms with Gasteiger partial charge in [0.1, 0.15) is 0 Å². The molecule has 0 bridgehead atoms. The average Bonchev–Trinajstić information content (AvgIpc) is 2.27. The second-order valence-corrected chi connectivity index (χ2v) is 3.50. The number of esters is 1. The molecule has 2 nitrogen and oxygen atoms in total. The predicted octanol–water partition coefficient (Wildman–Crippen LogP) is 2.52. The van der Waals surface area contributed by atoms with Crippen LogP contribution >= 0.6 is 0 Å². The molecule has 0 saturated carbocycles.